The monoisotopic (exact) mass is 221 g/mol. The van der Waals surface area contributed by atoms with Crippen LogP contribution in [0.15, 0.2) is 0 Å². The van der Waals surface area contributed by atoms with Gasteiger partial charge in [-0.1, -0.05) is 0 Å². The quantitative estimate of drug-likeness (QED) is 0.337. The third kappa shape index (κ3) is 2.64. The lowest BCUT2D eigenvalue weighted by atomic mass is 9.98. The molecule has 1 heterocycles. The van der Waals surface area contributed by atoms with Gasteiger partial charge in [0.2, 0.25) is 5.91 Å². The van der Waals surface area contributed by atoms with Gasteiger partial charge in [0.25, 0.3) is 0 Å². The van der Waals surface area contributed by atoms with E-state index in [1.54, 1.807) is 0 Å². The van der Waals surface area contributed by atoms with E-state index < -0.39 is 43.2 Å². The van der Waals surface area contributed by atoms with E-state index in [0.717, 1.165) is 0 Å². The highest BCUT2D eigenvalue weighted by molar-refractivity contribution is 5.73. The Kier molecular flexibility index (Phi) is 4.00. The average Bonchev–Trinajstić information content (AvgIpc) is 2.18. The Morgan fingerprint density at radius 1 is 1.27 bits per heavy atom. The van der Waals surface area contributed by atoms with E-state index in [1.807, 2.05) is 0 Å². The molecule has 0 aromatic rings. The smallest absolute Gasteiger partial charge is 0.218 e. The van der Waals surface area contributed by atoms with E-state index in [1.165, 1.54) is 6.92 Å². The lowest BCUT2D eigenvalue weighted by Gasteiger charge is -2.39. The first kappa shape index (κ1) is 12.3. The third-order valence-electron chi connectivity index (χ3n) is 2.24. The number of carbonyl (C=O) groups is 1. The first-order chi connectivity index (χ1) is 6.97. The number of amides is 1. The molecule has 1 aliphatic heterocycles. The van der Waals surface area contributed by atoms with Crippen molar-refractivity contribution in [3.05, 3.63) is 0 Å². The van der Waals surface area contributed by atoms with Gasteiger partial charge in [-0.3, -0.25) is 4.79 Å². The molecule has 0 aromatic carbocycles. The molecule has 15 heavy (non-hydrogen) atoms. The summed E-state index contributed by atoms with van der Waals surface area (Å²) < 4.78 is 5.00. The fourth-order valence-electron chi connectivity index (χ4n) is 1.42. The highest BCUT2D eigenvalue weighted by Gasteiger charge is 2.43. The van der Waals surface area contributed by atoms with Crippen molar-refractivity contribution in [2.75, 3.05) is 6.61 Å². The average molecular weight is 221 g/mol. The highest BCUT2D eigenvalue weighted by Crippen LogP contribution is 2.19. The van der Waals surface area contributed by atoms with Gasteiger partial charge in [0.1, 0.15) is 24.4 Å². The second kappa shape index (κ2) is 4.86. The SMILES string of the molecule is CC(=O)NC1O[C@H](CO)[C@H](O)[C@H](O)[C@H]1O. The first-order valence-electron chi connectivity index (χ1n) is 4.55. The van der Waals surface area contributed by atoms with Gasteiger partial charge < -0.3 is 30.5 Å². The topological polar surface area (TPSA) is 119 Å². The number of aliphatic hydroxyl groups is 4. The van der Waals surface area contributed by atoms with Gasteiger partial charge in [-0.25, -0.2) is 0 Å². The Labute approximate surface area is 86.3 Å². The predicted molar refractivity (Wildman–Crippen MR) is 47.6 cm³/mol. The van der Waals surface area contributed by atoms with Crippen LogP contribution in [0.4, 0.5) is 0 Å². The molecule has 5 atom stereocenters. The summed E-state index contributed by atoms with van der Waals surface area (Å²) in [5.74, 6) is -0.445. The zero-order valence-corrected chi connectivity index (χ0v) is 8.20. The summed E-state index contributed by atoms with van der Waals surface area (Å²) in [6.45, 7) is 0.711. The Bertz CT molecular complexity index is 233. The van der Waals surface area contributed by atoms with Crippen LogP contribution in [-0.4, -0.2) is 63.6 Å². The van der Waals surface area contributed by atoms with Crippen LogP contribution in [0.5, 0.6) is 0 Å². The van der Waals surface area contributed by atoms with E-state index in [4.69, 9.17) is 9.84 Å². The van der Waals surface area contributed by atoms with Gasteiger partial charge in [0.15, 0.2) is 6.23 Å². The Balaban J connectivity index is 2.69. The van der Waals surface area contributed by atoms with E-state index in [2.05, 4.69) is 5.32 Å². The lowest BCUT2D eigenvalue weighted by molar-refractivity contribution is -0.235. The summed E-state index contributed by atoms with van der Waals surface area (Å²) in [7, 11) is 0. The van der Waals surface area contributed by atoms with Crippen molar-refractivity contribution in [1.29, 1.82) is 0 Å². The molecule has 0 aliphatic carbocycles. The molecule has 7 nitrogen and oxygen atoms in total. The van der Waals surface area contributed by atoms with Crippen LogP contribution in [0, 0.1) is 0 Å². The number of rotatable bonds is 2. The van der Waals surface area contributed by atoms with Gasteiger partial charge in [-0.15, -0.1) is 0 Å². The number of ether oxygens (including phenoxy) is 1. The van der Waals surface area contributed by atoms with Gasteiger partial charge in [0, 0.05) is 6.92 Å². The lowest BCUT2D eigenvalue weighted by Crippen LogP contribution is -2.63. The minimum absolute atomic E-state index is 0.445. The fraction of sp³-hybridized carbons (Fsp3) is 0.875. The maximum atomic E-state index is 10.7. The zero-order valence-electron chi connectivity index (χ0n) is 8.20. The van der Waals surface area contributed by atoms with Crippen LogP contribution in [0.25, 0.3) is 0 Å². The molecule has 88 valence electrons. The van der Waals surface area contributed by atoms with Gasteiger partial charge in [0.05, 0.1) is 6.61 Å². The van der Waals surface area contributed by atoms with Crippen LogP contribution in [0.3, 0.4) is 0 Å². The molecule has 0 bridgehead atoms. The third-order valence-corrected chi connectivity index (χ3v) is 2.24. The van der Waals surface area contributed by atoms with Crippen LogP contribution in [0.1, 0.15) is 6.92 Å². The largest absolute Gasteiger partial charge is 0.394 e. The Hall–Kier alpha value is -0.730. The Morgan fingerprint density at radius 2 is 1.87 bits per heavy atom. The zero-order chi connectivity index (χ0) is 11.6. The van der Waals surface area contributed by atoms with Crippen LogP contribution in [-0.2, 0) is 9.53 Å². The van der Waals surface area contributed by atoms with E-state index in [-0.39, 0.29) is 0 Å². The number of hydrogen-bond donors (Lipinski definition) is 5. The molecule has 5 N–H and O–H groups in total. The van der Waals surface area contributed by atoms with Crippen molar-refractivity contribution in [1.82, 2.24) is 5.32 Å². The molecular weight excluding hydrogens is 206 g/mol. The van der Waals surface area contributed by atoms with E-state index >= 15 is 0 Å². The van der Waals surface area contributed by atoms with E-state index in [0.29, 0.717) is 0 Å². The summed E-state index contributed by atoms with van der Waals surface area (Å²) >= 11 is 0. The highest BCUT2D eigenvalue weighted by atomic mass is 16.6. The normalized spacial score (nSPS) is 41.3. The summed E-state index contributed by atoms with van der Waals surface area (Å²) in [5.41, 5.74) is 0. The molecule has 1 saturated heterocycles. The molecule has 7 heteroatoms. The number of nitrogens with one attached hydrogen (secondary N) is 1. The second-order valence-corrected chi connectivity index (χ2v) is 3.45. The van der Waals surface area contributed by atoms with Crippen molar-refractivity contribution >= 4 is 5.91 Å². The Morgan fingerprint density at radius 3 is 2.33 bits per heavy atom. The maximum absolute atomic E-state index is 10.7. The molecular formula is C8H15NO6. The summed E-state index contributed by atoms with van der Waals surface area (Å²) in [6, 6.07) is 0. The molecule has 1 unspecified atom stereocenters. The van der Waals surface area contributed by atoms with Crippen molar-refractivity contribution in [2.24, 2.45) is 0 Å². The van der Waals surface area contributed by atoms with Gasteiger partial charge in [-0.05, 0) is 0 Å². The molecule has 1 rings (SSSR count). The number of hydrogen-bond acceptors (Lipinski definition) is 6. The minimum Gasteiger partial charge on any atom is -0.394 e. The summed E-state index contributed by atoms with van der Waals surface area (Å²) in [6.07, 6.45) is -6.42. The number of aliphatic hydroxyl groups excluding tert-OH is 4. The molecule has 1 aliphatic rings. The molecule has 0 spiro atoms. The minimum atomic E-state index is -1.47. The first-order valence-corrected chi connectivity index (χ1v) is 4.55. The molecule has 0 radical (unpaired) electrons. The number of carbonyl (C=O) groups excluding carboxylic acids is 1. The second-order valence-electron chi connectivity index (χ2n) is 3.45. The maximum Gasteiger partial charge on any atom is 0.218 e. The van der Waals surface area contributed by atoms with Gasteiger partial charge >= 0.3 is 0 Å². The standard InChI is InChI=1S/C8H15NO6/c1-3(11)9-8-7(14)6(13)5(12)4(2-10)15-8/h4-8,10,12-14H,2H2,1H3,(H,9,11)/t4-,5+,6+,7-,8?/m1/s1. The van der Waals surface area contributed by atoms with E-state index in [9.17, 15) is 20.1 Å². The van der Waals surface area contributed by atoms with Crippen molar-refractivity contribution < 1.29 is 30.0 Å². The molecule has 1 amide bonds. The van der Waals surface area contributed by atoms with Crippen molar-refractivity contribution in [3.8, 4) is 0 Å². The van der Waals surface area contributed by atoms with Crippen LogP contribution in [0.2, 0.25) is 0 Å². The van der Waals surface area contributed by atoms with Crippen molar-refractivity contribution in [3.63, 3.8) is 0 Å². The van der Waals surface area contributed by atoms with Gasteiger partial charge in [-0.2, -0.15) is 0 Å². The molecule has 0 aromatic heterocycles. The molecule has 0 saturated carbocycles. The fourth-order valence-corrected chi connectivity index (χ4v) is 1.42. The summed E-state index contributed by atoms with van der Waals surface area (Å²) in [5, 5.41) is 39.3. The predicted octanol–water partition coefficient (Wildman–Crippen LogP) is -3.08. The summed E-state index contributed by atoms with van der Waals surface area (Å²) in [4.78, 5) is 10.7. The van der Waals surface area contributed by atoms with Crippen LogP contribution < -0.4 is 5.32 Å². The van der Waals surface area contributed by atoms with Crippen LogP contribution >= 0.6 is 0 Å². The molecule has 1 fully saturated rings. The van der Waals surface area contributed by atoms with Crippen molar-refractivity contribution in [2.45, 2.75) is 37.6 Å².